The van der Waals surface area contributed by atoms with E-state index in [1.54, 1.807) is 6.92 Å². The van der Waals surface area contributed by atoms with Gasteiger partial charge in [-0.15, -0.1) is 0 Å². The Kier molecular flexibility index (Phi) is 5.31. The molecule has 0 saturated heterocycles. The Balaban J connectivity index is 2.28. The summed E-state index contributed by atoms with van der Waals surface area (Å²) in [6.07, 6.45) is -3.01. The molecule has 1 saturated carbocycles. The zero-order valence-electron chi connectivity index (χ0n) is 13.0. The van der Waals surface area contributed by atoms with Crippen molar-refractivity contribution < 1.29 is 32.6 Å². The van der Waals surface area contributed by atoms with Crippen molar-refractivity contribution in [1.29, 1.82) is 0 Å². The van der Waals surface area contributed by atoms with Crippen molar-refractivity contribution in [2.75, 3.05) is 6.61 Å². The number of ether oxygens (including phenoxy) is 1. The summed E-state index contributed by atoms with van der Waals surface area (Å²) in [5.74, 6) is -4.28. The van der Waals surface area contributed by atoms with Crippen molar-refractivity contribution in [3.05, 3.63) is 29.3 Å². The van der Waals surface area contributed by atoms with Crippen molar-refractivity contribution in [2.45, 2.75) is 32.4 Å². The average Bonchev–Trinajstić information content (AvgIpc) is 2.51. The van der Waals surface area contributed by atoms with Gasteiger partial charge in [0, 0.05) is 0 Å². The monoisotopic (exact) mass is 342 g/mol. The van der Waals surface area contributed by atoms with E-state index < -0.39 is 23.7 Å². The highest BCUT2D eigenvalue weighted by Crippen LogP contribution is 2.33. The molecular formula is C17H17F3O4. The van der Waals surface area contributed by atoms with Crippen molar-refractivity contribution >= 4 is 17.6 Å². The van der Waals surface area contributed by atoms with Crippen molar-refractivity contribution in [3.8, 4) is 11.5 Å². The molecule has 0 aromatic heterocycles. The Morgan fingerprint density at radius 2 is 2.12 bits per heavy atom. The lowest BCUT2D eigenvalue weighted by molar-refractivity contribution is -0.176. The number of ketones is 2. The quantitative estimate of drug-likeness (QED) is 0.670. The third-order valence-corrected chi connectivity index (χ3v) is 3.79. The zero-order chi connectivity index (χ0) is 17.9. The fraction of sp³-hybridized carbons (Fsp3) is 0.412. The van der Waals surface area contributed by atoms with Crippen LogP contribution in [0.3, 0.4) is 0 Å². The molecule has 1 N–H and O–H groups in total. The summed E-state index contributed by atoms with van der Waals surface area (Å²) in [6, 6.07) is 4.39. The van der Waals surface area contributed by atoms with E-state index in [0.29, 0.717) is 25.0 Å². The van der Waals surface area contributed by atoms with E-state index >= 15 is 0 Å². The summed E-state index contributed by atoms with van der Waals surface area (Å²) >= 11 is 0. The fourth-order valence-electron chi connectivity index (χ4n) is 2.66. The number of hydrogen-bond donors (Lipinski definition) is 1. The molecule has 130 valence electrons. The number of allylic oxidation sites excluding steroid dienone is 1. The smallest absolute Gasteiger partial charge is 0.450 e. The van der Waals surface area contributed by atoms with Gasteiger partial charge in [-0.05, 0) is 55.5 Å². The number of Topliss-reactive ketones (excluding diaryl/α,β-unsaturated/α-hetero) is 2. The highest BCUT2D eigenvalue weighted by Gasteiger charge is 2.47. The molecule has 7 heteroatoms. The Labute approximate surface area is 136 Å². The van der Waals surface area contributed by atoms with Gasteiger partial charge < -0.3 is 9.84 Å². The summed E-state index contributed by atoms with van der Waals surface area (Å²) in [7, 11) is 0. The summed E-state index contributed by atoms with van der Waals surface area (Å²) in [5.41, 5.74) is 0.691. The van der Waals surface area contributed by atoms with Crippen LogP contribution in [-0.2, 0) is 9.59 Å². The number of phenols is 1. The predicted molar refractivity (Wildman–Crippen MR) is 80.7 cm³/mol. The van der Waals surface area contributed by atoms with Gasteiger partial charge >= 0.3 is 6.18 Å². The van der Waals surface area contributed by atoms with Crippen LogP contribution in [0.1, 0.15) is 31.7 Å². The molecule has 4 nitrogen and oxygen atoms in total. The van der Waals surface area contributed by atoms with Crippen molar-refractivity contribution in [1.82, 2.24) is 0 Å². The molecule has 1 fully saturated rings. The van der Waals surface area contributed by atoms with E-state index in [-0.39, 0.29) is 23.5 Å². The summed E-state index contributed by atoms with van der Waals surface area (Å²) in [6.45, 7) is 2.07. The minimum absolute atomic E-state index is 0.0703. The van der Waals surface area contributed by atoms with Gasteiger partial charge in [-0.3, -0.25) is 9.59 Å². The third-order valence-electron chi connectivity index (χ3n) is 3.79. The summed E-state index contributed by atoms with van der Waals surface area (Å²) in [5, 5.41) is 9.65. The first-order chi connectivity index (χ1) is 11.2. The molecule has 0 radical (unpaired) electrons. The maximum absolute atomic E-state index is 12.6. The van der Waals surface area contributed by atoms with Crippen molar-refractivity contribution in [3.63, 3.8) is 0 Å². The van der Waals surface area contributed by atoms with Crippen LogP contribution in [0.2, 0.25) is 0 Å². The van der Waals surface area contributed by atoms with E-state index in [1.807, 2.05) is 0 Å². The van der Waals surface area contributed by atoms with E-state index in [2.05, 4.69) is 0 Å². The molecular weight excluding hydrogens is 325 g/mol. The van der Waals surface area contributed by atoms with Crippen LogP contribution in [0.4, 0.5) is 13.2 Å². The lowest BCUT2D eigenvalue weighted by atomic mass is 9.81. The third kappa shape index (κ3) is 3.96. The number of aromatic hydroxyl groups is 1. The van der Waals surface area contributed by atoms with E-state index in [1.165, 1.54) is 24.3 Å². The molecule has 1 aromatic rings. The molecule has 24 heavy (non-hydrogen) atoms. The van der Waals surface area contributed by atoms with Crippen molar-refractivity contribution in [2.24, 2.45) is 5.92 Å². The number of phenolic OH excluding ortho intramolecular Hbond substituents is 1. The second-order valence-electron chi connectivity index (χ2n) is 5.50. The predicted octanol–water partition coefficient (Wildman–Crippen LogP) is 3.67. The number of alkyl halides is 3. The fourth-order valence-corrected chi connectivity index (χ4v) is 2.66. The van der Waals surface area contributed by atoms with Crippen LogP contribution in [0, 0.1) is 5.92 Å². The SMILES string of the molecule is CCOc1cc(/C=C2\CCCC(C(=O)C(F)(F)F)C2=O)ccc1O. The zero-order valence-corrected chi connectivity index (χ0v) is 13.0. The van der Waals surface area contributed by atoms with E-state index in [9.17, 15) is 27.9 Å². The topological polar surface area (TPSA) is 63.6 Å². The molecule has 0 amide bonds. The van der Waals surface area contributed by atoms with E-state index in [0.717, 1.165) is 0 Å². The molecule has 0 aliphatic heterocycles. The molecule has 0 heterocycles. The molecule has 2 rings (SSSR count). The minimum Gasteiger partial charge on any atom is -0.504 e. The molecule has 0 spiro atoms. The van der Waals surface area contributed by atoms with Gasteiger partial charge in [0.15, 0.2) is 17.3 Å². The second-order valence-corrected chi connectivity index (χ2v) is 5.50. The minimum atomic E-state index is -5.01. The molecule has 1 aromatic carbocycles. The van der Waals surface area contributed by atoms with Crippen LogP contribution in [0.25, 0.3) is 6.08 Å². The lowest BCUT2D eigenvalue weighted by Crippen LogP contribution is -2.37. The first-order valence-electron chi connectivity index (χ1n) is 7.55. The van der Waals surface area contributed by atoms with Gasteiger partial charge in [-0.25, -0.2) is 0 Å². The van der Waals surface area contributed by atoms with Crippen LogP contribution < -0.4 is 4.74 Å². The van der Waals surface area contributed by atoms with Crippen LogP contribution in [0.15, 0.2) is 23.8 Å². The maximum Gasteiger partial charge on any atom is 0.450 e. The molecule has 0 bridgehead atoms. The Bertz CT molecular complexity index is 677. The van der Waals surface area contributed by atoms with Crippen LogP contribution >= 0.6 is 0 Å². The standard InChI is InChI=1S/C17H17F3O4/c1-2-24-14-9-10(6-7-13(14)21)8-11-4-3-5-12(15(11)22)16(23)17(18,19)20/h6-9,12,21H,2-5H2,1H3/b11-8+. The van der Waals surface area contributed by atoms with Gasteiger partial charge in [-0.2, -0.15) is 13.2 Å². The van der Waals surface area contributed by atoms with Gasteiger partial charge in [0.05, 0.1) is 12.5 Å². The Morgan fingerprint density at radius 3 is 2.75 bits per heavy atom. The number of benzene rings is 1. The normalized spacial score (nSPS) is 20.2. The number of carbonyl (C=O) groups is 2. The van der Waals surface area contributed by atoms with Gasteiger partial charge in [0.25, 0.3) is 0 Å². The van der Waals surface area contributed by atoms with E-state index in [4.69, 9.17) is 4.74 Å². The summed E-state index contributed by atoms with van der Waals surface area (Å²) < 4.78 is 43.0. The average molecular weight is 342 g/mol. The Morgan fingerprint density at radius 1 is 1.42 bits per heavy atom. The molecule has 1 unspecified atom stereocenters. The first-order valence-corrected chi connectivity index (χ1v) is 7.55. The number of rotatable bonds is 4. The van der Waals surface area contributed by atoms with Gasteiger partial charge in [-0.1, -0.05) is 6.07 Å². The molecule has 1 aliphatic carbocycles. The lowest BCUT2D eigenvalue weighted by Gasteiger charge is -2.22. The van der Waals surface area contributed by atoms with Gasteiger partial charge in [0.2, 0.25) is 5.78 Å². The first kappa shape index (κ1) is 18.0. The second kappa shape index (κ2) is 7.07. The number of hydrogen-bond acceptors (Lipinski definition) is 4. The molecule has 1 aliphatic rings. The Hall–Kier alpha value is -2.31. The van der Waals surface area contributed by atoms with Crippen LogP contribution in [0.5, 0.6) is 11.5 Å². The molecule has 1 atom stereocenters. The van der Waals surface area contributed by atoms with Crippen LogP contribution in [-0.4, -0.2) is 29.5 Å². The summed E-state index contributed by atoms with van der Waals surface area (Å²) in [4.78, 5) is 23.6. The maximum atomic E-state index is 12.6. The highest BCUT2D eigenvalue weighted by molar-refractivity contribution is 6.14. The largest absolute Gasteiger partial charge is 0.504 e. The number of carbonyl (C=O) groups excluding carboxylic acids is 2. The highest BCUT2D eigenvalue weighted by atomic mass is 19.4. The number of halogens is 3. The van der Waals surface area contributed by atoms with Gasteiger partial charge in [0.1, 0.15) is 0 Å².